The van der Waals surface area contributed by atoms with E-state index in [2.05, 4.69) is 38.3 Å². The van der Waals surface area contributed by atoms with E-state index in [0.717, 1.165) is 23.4 Å². The van der Waals surface area contributed by atoms with Crippen LogP contribution >= 0.6 is 15.9 Å². The molecule has 1 heterocycles. The Bertz CT molecular complexity index is 436. The maximum atomic E-state index is 4.16. The molecule has 0 spiro atoms. The van der Waals surface area contributed by atoms with Crippen molar-refractivity contribution in [2.45, 2.75) is 11.8 Å². The van der Waals surface area contributed by atoms with Crippen molar-refractivity contribution in [1.29, 1.82) is 0 Å². The van der Waals surface area contributed by atoms with Crippen LogP contribution in [0.1, 0.15) is 17.2 Å². The molecule has 0 aliphatic carbocycles. The van der Waals surface area contributed by atoms with Gasteiger partial charge in [0.15, 0.2) is 0 Å². The minimum absolute atomic E-state index is 0.741. The Labute approximate surface area is 97.3 Å². The summed E-state index contributed by atoms with van der Waals surface area (Å²) in [5.74, 6) is 1.96. The van der Waals surface area contributed by atoms with Gasteiger partial charge in [0, 0.05) is 13.5 Å². The first kappa shape index (κ1) is 10.4. The lowest BCUT2D eigenvalue weighted by Crippen LogP contribution is -2.01. The maximum absolute atomic E-state index is 4.16. The highest BCUT2D eigenvalue weighted by Crippen LogP contribution is 2.09. The Hall–Kier alpha value is -1.16. The highest BCUT2D eigenvalue weighted by molar-refractivity contribution is 9.08. The van der Waals surface area contributed by atoms with Gasteiger partial charge in [0.2, 0.25) is 0 Å². The smallest absolute Gasteiger partial charge is 0.143 e. The molecule has 0 amide bonds. The number of hydrogen-bond acceptors (Lipinski definition) is 2. The second-order valence-corrected chi connectivity index (χ2v) is 3.95. The first-order chi connectivity index (χ1) is 7.31. The van der Waals surface area contributed by atoms with Crippen LogP contribution in [0.4, 0.5) is 0 Å². The number of hydrogen-bond donors (Lipinski definition) is 0. The summed E-state index contributed by atoms with van der Waals surface area (Å²) in [6.45, 7) is 0. The zero-order chi connectivity index (χ0) is 10.7. The first-order valence-electron chi connectivity index (χ1n) is 4.78. The van der Waals surface area contributed by atoms with Gasteiger partial charge in [-0.05, 0) is 5.56 Å². The number of halogens is 1. The van der Waals surface area contributed by atoms with Crippen LogP contribution in [0.2, 0.25) is 0 Å². The van der Waals surface area contributed by atoms with E-state index in [9.17, 15) is 0 Å². The quantitative estimate of drug-likeness (QED) is 0.798. The summed E-state index contributed by atoms with van der Waals surface area (Å²) < 4.78 is 2.03. The van der Waals surface area contributed by atoms with Crippen molar-refractivity contribution in [2.24, 2.45) is 7.05 Å². The molecule has 78 valence electrons. The van der Waals surface area contributed by atoms with E-state index in [1.54, 1.807) is 0 Å². The van der Waals surface area contributed by atoms with Gasteiger partial charge in [0.25, 0.3) is 0 Å². The van der Waals surface area contributed by atoms with Crippen LogP contribution in [0.5, 0.6) is 0 Å². The van der Waals surface area contributed by atoms with E-state index in [0.29, 0.717) is 0 Å². The zero-order valence-corrected chi connectivity index (χ0v) is 10.1. The fourth-order valence-electron chi connectivity index (χ4n) is 1.45. The molecule has 0 aliphatic rings. The molecule has 2 aromatic rings. The van der Waals surface area contributed by atoms with Crippen molar-refractivity contribution >= 4 is 15.9 Å². The van der Waals surface area contributed by atoms with Gasteiger partial charge in [0.05, 0.1) is 5.33 Å². The molecule has 0 aliphatic heterocycles. The predicted molar refractivity (Wildman–Crippen MR) is 62.9 cm³/mol. The lowest BCUT2D eigenvalue weighted by molar-refractivity contribution is 0.793. The van der Waals surface area contributed by atoms with Gasteiger partial charge in [0.1, 0.15) is 11.6 Å². The van der Waals surface area contributed by atoms with Gasteiger partial charge >= 0.3 is 0 Å². The van der Waals surface area contributed by atoms with Crippen molar-refractivity contribution in [1.82, 2.24) is 14.8 Å². The van der Waals surface area contributed by atoms with E-state index in [4.69, 9.17) is 0 Å². The highest BCUT2D eigenvalue weighted by atomic mass is 79.9. The Morgan fingerprint density at radius 3 is 2.40 bits per heavy atom. The summed E-state index contributed by atoms with van der Waals surface area (Å²) in [6, 6.07) is 10.3. The predicted octanol–water partition coefficient (Wildman–Crippen LogP) is 2.30. The third kappa shape index (κ3) is 2.26. The zero-order valence-electron chi connectivity index (χ0n) is 8.52. The molecule has 0 unspecified atom stereocenters. The standard InChI is InChI=1S/C11H12BrN3/c1-15-10(13-14-11(15)8-12)7-9-5-3-2-4-6-9/h2-6H,7-8H2,1H3. The van der Waals surface area contributed by atoms with Gasteiger partial charge in [-0.1, -0.05) is 46.3 Å². The number of benzene rings is 1. The second-order valence-electron chi connectivity index (χ2n) is 3.39. The van der Waals surface area contributed by atoms with Crippen molar-refractivity contribution < 1.29 is 0 Å². The molecule has 4 heteroatoms. The summed E-state index contributed by atoms with van der Waals surface area (Å²) in [5, 5.41) is 9.00. The van der Waals surface area contributed by atoms with Gasteiger partial charge in [-0.2, -0.15) is 0 Å². The van der Waals surface area contributed by atoms with E-state index < -0.39 is 0 Å². The number of aromatic nitrogens is 3. The summed E-state index contributed by atoms with van der Waals surface area (Å²) in [6.07, 6.45) is 0.831. The fraction of sp³-hybridized carbons (Fsp3) is 0.273. The van der Waals surface area contributed by atoms with Crippen molar-refractivity contribution in [3.8, 4) is 0 Å². The van der Waals surface area contributed by atoms with E-state index in [1.165, 1.54) is 5.56 Å². The molecule has 1 aromatic heterocycles. The molecule has 3 nitrogen and oxygen atoms in total. The lowest BCUT2D eigenvalue weighted by atomic mass is 10.1. The van der Waals surface area contributed by atoms with Crippen molar-refractivity contribution in [3.63, 3.8) is 0 Å². The number of rotatable bonds is 3. The topological polar surface area (TPSA) is 30.7 Å². The molecule has 0 bridgehead atoms. The second kappa shape index (κ2) is 4.57. The normalized spacial score (nSPS) is 10.5. The molecule has 0 saturated carbocycles. The van der Waals surface area contributed by atoms with Gasteiger partial charge in [-0.25, -0.2) is 0 Å². The van der Waals surface area contributed by atoms with Gasteiger partial charge in [-0.15, -0.1) is 10.2 Å². The van der Waals surface area contributed by atoms with Crippen LogP contribution in [0.25, 0.3) is 0 Å². The van der Waals surface area contributed by atoms with Crippen LogP contribution in [-0.2, 0) is 18.8 Å². The van der Waals surface area contributed by atoms with E-state index in [1.807, 2.05) is 29.8 Å². The van der Waals surface area contributed by atoms with Gasteiger partial charge < -0.3 is 4.57 Å². The molecular weight excluding hydrogens is 254 g/mol. The SMILES string of the molecule is Cn1c(CBr)nnc1Cc1ccccc1. The summed E-state index contributed by atoms with van der Waals surface area (Å²) in [4.78, 5) is 0. The maximum Gasteiger partial charge on any atom is 0.143 e. The summed E-state index contributed by atoms with van der Waals surface area (Å²) in [5.41, 5.74) is 1.26. The Morgan fingerprint density at radius 2 is 1.80 bits per heavy atom. The monoisotopic (exact) mass is 265 g/mol. The largest absolute Gasteiger partial charge is 0.317 e. The average molecular weight is 266 g/mol. The minimum atomic E-state index is 0.741. The van der Waals surface area contributed by atoms with Crippen LogP contribution in [-0.4, -0.2) is 14.8 Å². The average Bonchev–Trinajstić information content (AvgIpc) is 2.62. The molecule has 0 N–H and O–H groups in total. The molecule has 0 saturated heterocycles. The summed E-state index contributed by atoms with van der Waals surface area (Å²) in [7, 11) is 1.99. The Morgan fingerprint density at radius 1 is 1.13 bits per heavy atom. The Balaban J connectivity index is 2.21. The molecular formula is C11H12BrN3. The highest BCUT2D eigenvalue weighted by Gasteiger charge is 2.07. The lowest BCUT2D eigenvalue weighted by Gasteiger charge is -2.02. The fourth-order valence-corrected chi connectivity index (χ4v) is 1.94. The first-order valence-corrected chi connectivity index (χ1v) is 5.90. The van der Waals surface area contributed by atoms with Crippen molar-refractivity contribution in [2.75, 3.05) is 0 Å². The van der Waals surface area contributed by atoms with Gasteiger partial charge in [-0.3, -0.25) is 0 Å². The molecule has 1 aromatic carbocycles. The number of alkyl halides is 1. The Kier molecular flexibility index (Phi) is 3.16. The molecule has 15 heavy (non-hydrogen) atoms. The van der Waals surface area contributed by atoms with Crippen LogP contribution in [0.15, 0.2) is 30.3 Å². The molecule has 0 radical (unpaired) electrons. The molecule has 0 fully saturated rings. The third-order valence-corrected chi connectivity index (χ3v) is 2.88. The minimum Gasteiger partial charge on any atom is -0.317 e. The third-order valence-electron chi connectivity index (χ3n) is 2.38. The molecule has 2 rings (SSSR count). The van der Waals surface area contributed by atoms with Crippen molar-refractivity contribution in [3.05, 3.63) is 47.5 Å². The summed E-state index contributed by atoms with van der Waals surface area (Å²) >= 11 is 3.38. The number of nitrogens with zero attached hydrogens (tertiary/aromatic N) is 3. The van der Waals surface area contributed by atoms with Crippen LogP contribution in [0, 0.1) is 0 Å². The molecule has 0 atom stereocenters. The van der Waals surface area contributed by atoms with E-state index >= 15 is 0 Å². The van der Waals surface area contributed by atoms with Crippen LogP contribution in [0.3, 0.4) is 0 Å². The van der Waals surface area contributed by atoms with Crippen LogP contribution < -0.4 is 0 Å². The van der Waals surface area contributed by atoms with E-state index in [-0.39, 0.29) is 0 Å².